The fourth-order valence-corrected chi connectivity index (χ4v) is 11.3. The van der Waals surface area contributed by atoms with Gasteiger partial charge in [-0.1, -0.05) is 82.9 Å². The number of rotatable bonds is 16. The monoisotopic (exact) mass is 618 g/mol. The molecule has 0 atom stereocenters. The summed E-state index contributed by atoms with van der Waals surface area (Å²) in [4.78, 5) is 0.0610. The third-order valence-corrected chi connectivity index (χ3v) is 14.4. The standard InChI is InChI=1S/C20H21P.C18H30O3S/c1-2-21(18-12-6-3-7-13-18,19-14-8-4-9-15-19)20-16-10-5-11-17-20;1-2-3-4-5-6-7-8-9-10-11-14-17-15-12-13-16-18(17)22(19,20)21/h3-17,21H,2H2,1H3;12-13,15-16H,2-11,14H2,1H3,(H,19,20,21). The van der Waals surface area contributed by atoms with Gasteiger partial charge in [0, 0.05) is 0 Å². The summed E-state index contributed by atoms with van der Waals surface area (Å²) in [7, 11) is -5.99. The van der Waals surface area contributed by atoms with Crippen LogP contribution in [0.2, 0.25) is 0 Å². The second-order valence-electron chi connectivity index (χ2n) is 11.4. The molecular weight excluding hydrogens is 567 g/mol. The molecular formula is C38H51O3PS. The van der Waals surface area contributed by atoms with E-state index in [-0.39, 0.29) is 4.90 Å². The minimum atomic E-state index is -4.10. The summed E-state index contributed by atoms with van der Waals surface area (Å²) in [5.41, 5.74) is 0.726. The van der Waals surface area contributed by atoms with Crippen LogP contribution in [0, 0.1) is 0 Å². The summed E-state index contributed by atoms with van der Waals surface area (Å²) in [6.07, 6.45) is 14.5. The number of hydrogen-bond donors (Lipinski definition) is 1. The van der Waals surface area contributed by atoms with E-state index in [1.807, 2.05) is 6.07 Å². The van der Waals surface area contributed by atoms with Crippen molar-refractivity contribution < 1.29 is 13.0 Å². The second-order valence-corrected chi connectivity index (χ2v) is 17.0. The zero-order valence-electron chi connectivity index (χ0n) is 26.1. The molecule has 0 spiro atoms. The molecule has 0 saturated carbocycles. The van der Waals surface area contributed by atoms with E-state index >= 15 is 0 Å². The summed E-state index contributed by atoms with van der Waals surface area (Å²) in [6, 6.07) is 39.8. The van der Waals surface area contributed by atoms with E-state index < -0.39 is 17.4 Å². The van der Waals surface area contributed by atoms with Crippen molar-refractivity contribution in [3.05, 3.63) is 121 Å². The molecule has 0 aromatic heterocycles. The van der Waals surface area contributed by atoms with Crippen molar-refractivity contribution in [3.63, 3.8) is 0 Å². The van der Waals surface area contributed by atoms with Gasteiger partial charge in [-0.05, 0) is 24.5 Å². The van der Waals surface area contributed by atoms with Gasteiger partial charge in [0.2, 0.25) is 0 Å². The second kappa shape index (κ2) is 18.8. The fourth-order valence-electron chi connectivity index (χ4n) is 6.05. The Kier molecular flexibility index (Phi) is 15.2. The maximum absolute atomic E-state index is 11.3. The van der Waals surface area contributed by atoms with Gasteiger partial charge in [-0.3, -0.25) is 4.55 Å². The Hall–Kier alpha value is -2.78. The van der Waals surface area contributed by atoms with Crippen LogP contribution in [-0.4, -0.2) is 19.1 Å². The van der Waals surface area contributed by atoms with E-state index in [0.717, 1.165) is 18.4 Å². The number of benzene rings is 4. The van der Waals surface area contributed by atoms with E-state index in [9.17, 15) is 13.0 Å². The molecule has 43 heavy (non-hydrogen) atoms. The summed E-state index contributed by atoms with van der Waals surface area (Å²) in [5.74, 6) is 0. The van der Waals surface area contributed by atoms with Gasteiger partial charge in [-0.2, -0.15) is 8.42 Å². The molecule has 4 aromatic rings. The molecule has 0 fully saturated rings. The quantitative estimate of drug-likeness (QED) is 0.0774. The van der Waals surface area contributed by atoms with Crippen molar-refractivity contribution >= 4 is 33.3 Å². The van der Waals surface area contributed by atoms with Gasteiger partial charge in [-0.25, -0.2) is 0 Å². The van der Waals surface area contributed by atoms with Crippen molar-refractivity contribution in [2.24, 2.45) is 0 Å². The van der Waals surface area contributed by atoms with Crippen LogP contribution in [0.3, 0.4) is 0 Å². The van der Waals surface area contributed by atoms with Crippen LogP contribution in [0.5, 0.6) is 0 Å². The maximum atomic E-state index is 11.3. The summed E-state index contributed by atoms with van der Waals surface area (Å²) >= 11 is 0. The third-order valence-electron chi connectivity index (χ3n) is 8.38. The Morgan fingerprint density at radius 2 is 0.884 bits per heavy atom. The van der Waals surface area contributed by atoms with Gasteiger partial charge in [0.15, 0.2) is 0 Å². The van der Waals surface area contributed by atoms with Crippen molar-refractivity contribution in [2.75, 3.05) is 6.16 Å². The van der Waals surface area contributed by atoms with Crippen LogP contribution >= 0.6 is 7.26 Å². The predicted molar refractivity (Wildman–Crippen MR) is 189 cm³/mol. The number of aryl methyl sites for hydroxylation is 1. The van der Waals surface area contributed by atoms with E-state index in [1.165, 1.54) is 79.5 Å². The number of unbranched alkanes of at least 4 members (excludes halogenated alkanes) is 9. The first-order chi connectivity index (χ1) is 20.9. The SMILES string of the molecule is CCCCCCCCCCCCc1ccccc1S(=O)(=O)O.CC[PH](c1ccccc1)(c1ccccc1)c1ccccc1. The van der Waals surface area contributed by atoms with Crippen molar-refractivity contribution in [2.45, 2.75) is 89.4 Å². The van der Waals surface area contributed by atoms with Gasteiger partial charge >= 0.3 is 127 Å². The van der Waals surface area contributed by atoms with Crippen molar-refractivity contribution in [3.8, 4) is 0 Å². The summed E-state index contributed by atoms with van der Waals surface area (Å²) in [5, 5.41) is 4.47. The van der Waals surface area contributed by atoms with Crippen molar-refractivity contribution in [1.82, 2.24) is 0 Å². The molecule has 4 aromatic carbocycles. The average Bonchev–Trinajstić information content (AvgIpc) is 3.04. The molecule has 4 rings (SSSR count). The Morgan fingerprint density at radius 1 is 0.512 bits per heavy atom. The van der Waals surface area contributed by atoms with Crippen LogP contribution in [0.15, 0.2) is 120 Å². The average molecular weight is 619 g/mol. The molecule has 0 unspecified atom stereocenters. The van der Waals surface area contributed by atoms with Crippen LogP contribution < -0.4 is 15.9 Å². The van der Waals surface area contributed by atoms with Crippen LogP contribution in [0.25, 0.3) is 0 Å². The van der Waals surface area contributed by atoms with Gasteiger partial charge in [0.25, 0.3) is 10.1 Å². The van der Waals surface area contributed by atoms with E-state index in [2.05, 4.69) is 105 Å². The number of hydrogen-bond acceptors (Lipinski definition) is 2. The van der Waals surface area contributed by atoms with Crippen LogP contribution in [0.4, 0.5) is 0 Å². The molecule has 232 valence electrons. The Bertz CT molecular complexity index is 1310. The first-order valence-corrected chi connectivity index (χ1v) is 19.8. The summed E-state index contributed by atoms with van der Waals surface area (Å²) < 4.78 is 31.8. The molecule has 0 aliphatic carbocycles. The zero-order chi connectivity index (χ0) is 30.8. The predicted octanol–water partition coefficient (Wildman–Crippen LogP) is 9.13. The summed E-state index contributed by atoms with van der Waals surface area (Å²) in [6.45, 7) is 4.57. The van der Waals surface area contributed by atoms with Gasteiger partial charge < -0.3 is 0 Å². The zero-order valence-corrected chi connectivity index (χ0v) is 27.9. The molecule has 0 amide bonds. The van der Waals surface area contributed by atoms with E-state index in [4.69, 9.17) is 0 Å². The van der Waals surface area contributed by atoms with E-state index in [0.29, 0.717) is 6.42 Å². The van der Waals surface area contributed by atoms with Crippen molar-refractivity contribution in [1.29, 1.82) is 0 Å². The molecule has 5 heteroatoms. The Labute approximate surface area is 261 Å². The first-order valence-electron chi connectivity index (χ1n) is 16.2. The van der Waals surface area contributed by atoms with Crippen LogP contribution in [-0.2, 0) is 16.5 Å². The van der Waals surface area contributed by atoms with Gasteiger partial charge in [0.1, 0.15) is 0 Å². The molecule has 0 radical (unpaired) electrons. The first kappa shape index (κ1) is 34.7. The van der Waals surface area contributed by atoms with E-state index in [1.54, 1.807) is 12.1 Å². The Morgan fingerprint density at radius 3 is 1.28 bits per heavy atom. The Balaban J connectivity index is 0.000000235. The normalized spacial score (nSPS) is 11.9. The molecule has 0 bridgehead atoms. The van der Waals surface area contributed by atoms with Crippen LogP contribution in [0.1, 0.15) is 83.6 Å². The van der Waals surface area contributed by atoms with Gasteiger partial charge in [0.05, 0.1) is 4.90 Å². The molecule has 1 N–H and O–H groups in total. The molecule has 0 aliphatic rings. The topological polar surface area (TPSA) is 54.4 Å². The molecule has 3 nitrogen and oxygen atoms in total. The molecule has 0 heterocycles. The molecule has 0 saturated heterocycles. The third kappa shape index (κ3) is 10.7. The molecule has 0 aliphatic heterocycles. The fraction of sp³-hybridized carbons (Fsp3) is 0.368. The minimum absolute atomic E-state index is 0.0610. The van der Waals surface area contributed by atoms with Gasteiger partial charge in [-0.15, -0.1) is 0 Å².